The van der Waals surface area contributed by atoms with E-state index < -0.39 is 9.84 Å². The monoisotopic (exact) mass is 345 g/mol. The van der Waals surface area contributed by atoms with Crippen molar-refractivity contribution in [2.45, 2.75) is 24.7 Å². The molecule has 0 fully saturated rings. The molecule has 1 aliphatic heterocycles. The third kappa shape index (κ3) is 3.00. The van der Waals surface area contributed by atoms with Crippen LogP contribution in [0.25, 0.3) is 0 Å². The Balaban J connectivity index is 2.42. The van der Waals surface area contributed by atoms with E-state index in [1.807, 2.05) is 0 Å². The van der Waals surface area contributed by atoms with Gasteiger partial charge in [-0.3, -0.25) is 4.79 Å². The summed E-state index contributed by atoms with van der Waals surface area (Å²) in [4.78, 5) is 13.6. The molecule has 0 saturated heterocycles. The maximum Gasteiger partial charge on any atom is 0.223 e. The zero-order chi connectivity index (χ0) is 14.0. The molecule has 2 rings (SSSR count). The summed E-state index contributed by atoms with van der Waals surface area (Å²) in [5, 5.41) is 0.423. The number of carbonyl (C=O) groups is 1. The molecular weight excluding hydrogens is 330 g/mol. The number of hydrogen-bond donors (Lipinski definition) is 0. The summed E-state index contributed by atoms with van der Waals surface area (Å²) in [6.07, 6.45) is 1.69. The molecule has 6 heteroatoms. The highest BCUT2D eigenvalue weighted by Gasteiger charge is 2.22. The molecule has 1 aliphatic rings. The first-order valence-electron chi connectivity index (χ1n) is 6.15. The van der Waals surface area contributed by atoms with Gasteiger partial charge in [-0.25, -0.2) is 8.42 Å². The molecule has 0 saturated carbocycles. The van der Waals surface area contributed by atoms with Crippen molar-refractivity contribution >= 4 is 37.4 Å². The number of aryl methyl sites for hydroxylation is 1. The topological polar surface area (TPSA) is 54.5 Å². The van der Waals surface area contributed by atoms with Gasteiger partial charge in [-0.05, 0) is 36.6 Å². The predicted octanol–water partition coefficient (Wildman–Crippen LogP) is 2.15. The maximum atomic E-state index is 12.0. The molecule has 0 aliphatic carbocycles. The molecule has 0 N–H and O–H groups in total. The lowest BCUT2D eigenvalue weighted by molar-refractivity contribution is -0.116. The first kappa shape index (κ1) is 14.5. The Morgan fingerprint density at radius 1 is 1.42 bits per heavy atom. The normalized spacial score (nSPS) is 15.2. The van der Waals surface area contributed by atoms with E-state index in [-0.39, 0.29) is 11.7 Å². The van der Waals surface area contributed by atoms with Crippen LogP contribution in [-0.4, -0.2) is 32.0 Å². The Bertz CT molecular complexity index is 598. The van der Waals surface area contributed by atoms with Crippen LogP contribution in [-0.2, 0) is 21.1 Å². The average Bonchev–Trinajstić information content (AvgIpc) is 2.37. The molecule has 1 amide bonds. The van der Waals surface area contributed by atoms with E-state index in [1.54, 1.807) is 23.1 Å². The lowest BCUT2D eigenvalue weighted by Gasteiger charge is -2.28. The van der Waals surface area contributed by atoms with E-state index in [9.17, 15) is 13.2 Å². The number of rotatable bonds is 3. The van der Waals surface area contributed by atoms with Gasteiger partial charge in [-0.15, -0.1) is 0 Å². The second-order valence-corrected chi connectivity index (χ2v) is 7.47. The molecule has 19 heavy (non-hydrogen) atoms. The first-order valence-corrected chi connectivity index (χ1v) is 8.93. The number of alkyl halides is 1. The minimum absolute atomic E-state index is 0.00276. The van der Waals surface area contributed by atoms with Crippen LogP contribution in [0.5, 0.6) is 0 Å². The molecule has 4 nitrogen and oxygen atoms in total. The second kappa shape index (κ2) is 5.63. The van der Waals surface area contributed by atoms with Crippen LogP contribution >= 0.6 is 15.9 Å². The Labute approximate surface area is 121 Å². The van der Waals surface area contributed by atoms with Gasteiger partial charge in [-0.2, -0.15) is 0 Å². The van der Waals surface area contributed by atoms with Crippen LogP contribution in [0.1, 0.15) is 18.9 Å². The van der Waals surface area contributed by atoms with Gasteiger partial charge in [0.25, 0.3) is 0 Å². The van der Waals surface area contributed by atoms with Crippen molar-refractivity contribution in [3.63, 3.8) is 0 Å². The van der Waals surface area contributed by atoms with Crippen LogP contribution in [0.2, 0.25) is 0 Å². The van der Waals surface area contributed by atoms with Crippen LogP contribution < -0.4 is 4.90 Å². The van der Waals surface area contributed by atoms with Crippen molar-refractivity contribution in [2.24, 2.45) is 0 Å². The number of anilines is 1. The average molecular weight is 346 g/mol. The number of hydrogen-bond acceptors (Lipinski definition) is 3. The van der Waals surface area contributed by atoms with Gasteiger partial charge in [-0.1, -0.05) is 15.9 Å². The van der Waals surface area contributed by atoms with E-state index in [0.717, 1.165) is 24.1 Å². The number of fused-ring (bicyclic) bond motifs is 1. The van der Waals surface area contributed by atoms with Crippen molar-refractivity contribution in [3.8, 4) is 0 Å². The minimum atomic E-state index is -3.23. The van der Waals surface area contributed by atoms with Crippen LogP contribution in [0, 0.1) is 0 Å². The van der Waals surface area contributed by atoms with Gasteiger partial charge in [0.15, 0.2) is 9.84 Å². The summed E-state index contributed by atoms with van der Waals surface area (Å²) in [6, 6.07) is 5.05. The van der Waals surface area contributed by atoms with Gasteiger partial charge in [0.1, 0.15) is 0 Å². The highest BCUT2D eigenvalue weighted by atomic mass is 79.9. The molecular formula is C13H16BrNO3S. The summed E-state index contributed by atoms with van der Waals surface area (Å²) in [5.41, 5.74) is 1.79. The third-order valence-corrected chi connectivity index (χ3v) is 5.89. The number of benzene rings is 1. The highest BCUT2D eigenvalue weighted by Crippen LogP contribution is 2.29. The van der Waals surface area contributed by atoms with Gasteiger partial charge in [0.2, 0.25) is 5.91 Å². The van der Waals surface area contributed by atoms with Gasteiger partial charge >= 0.3 is 0 Å². The van der Waals surface area contributed by atoms with E-state index in [4.69, 9.17) is 0 Å². The zero-order valence-corrected chi connectivity index (χ0v) is 13.1. The smallest absolute Gasteiger partial charge is 0.223 e. The number of halogens is 1. The van der Waals surface area contributed by atoms with Crippen molar-refractivity contribution < 1.29 is 13.2 Å². The van der Waals surface area contributed by atoms with E-state index in [1.165, 1.54) is 6.92 Å². The Kier molecular flexibility index (Phi) is 4.30. The van der Waals surface area contributed by atoms with Crippen molar-refractivity contribution in [2.75, 3.05) is 22.5 Å². The largest absolute Gasteiger partial charge is 0.312 e. The summed E-state index contributed by atoms with van der Waals surface area (Å²) >= 11 is 3.15. The number of amides is 1. The molecule has 0 spiro atoms. The highest BCUT2D eigenvalue weighted by molar-refractivity contribution is 9.09. The Morgan fingerprint density at radius 2 is 2.16 bits per heavy atom. The standard InChI is InChI=1S/C13H16BrNO3S/c1-10(16)15-7-2-3-11-9-12(4-5-13(11)15)19(17,18)8-6-14/h4-5,9H,2-3,6-8H2,1H3. The van der Waals surface area contributed by atoms with Gasteiger partial charge < -0.3 is 4.90 Å². The fraction of sp³-hybridized carbons (Fsp3) is 0.462. The van der Waals surface area contributed by atoms with Crippen LogP contribution in [0.4, 0.5) is 5.69 Å². The lowest BCUT2D eigenvalue weighted by Crippen LogP contribution is -2.33. The third-order valence-electron chi connectivity index (χ3n) is 3.25. The van der Waals surface area contributed by atoms with Crippen molar-refractivity contribution in [1.29, 1.82) is 0 Å². The first-order chi connectivity index (χ1) is 8.95. The van der Waals surface area contributed by atoms with E-state index >= 15 is 0 Å². The molecule has 104 valence electrons. The Morgan fingerprint density at radius 3 is 2.79 bits per heavy atom. The summed E-state index contributed by atoms with van der Waals surface area (Å²) in [7, 11) is -3.23. The summed E-state index contributed by atoms with van der Waals surface area (Å²) in [6.45, 7) is 2.24. The quantitative estimate of drug-likeness (QED) is 0.788. The molecule has 0 radical (unpaired) electrons. The summed E-state index contributed by atoms with van der Waals surface area (Å²) < 4.78 is 24.0. The maximum absolute atomic E-state index is 12.0. The second-order valence-electron chi connectivity index (χ2n) is 4.57. The SMILES string of the molecule is CC(=O)N1CCCc2cc(S(=O)(=O)CCBr)ccc21. The van der Waals surface area contributed by atoms with Crippen molar-refractivity contribution in [1.82, 2.24) is 0 Å². The summed E-state index contributed by atoms with van der Waals surface area (Å²) in [5.74, 6) is 0.0828. The molecule has 1 aromatic rings. The predicted molar refractivity (Wildman–Crippen MR) is 78.6 cm³/mol. The molecule has 0 aromatic heterocycles. The van der Waals surface area contributed by atoms with Crippen molar-refractivity contribution in [3.05, 3.63) is 23.8 Å². The lowest BCUT2D eigenvalue weighted by atomic mass is 10.0. The molecule has 1 aromatic carbocycles. The zero-order valence-electron chi connectivity index (χ0n) is 10.7. The number of carbonyl (C=O) groups excluding carboxylic acids is 1. The fourth-order valence-electron chi connectivity index (χ4n) is 2.31. The number of nitrogens with zero attached hydrogens (tertiary/aromatic N) is 1. The van der Waals surface area contributed by atoms with Crippen LogP contribution in [0.15, 0.2) is 23.1 Å². The molecule has 1 heterocycles. The van der Waals surface area contributed by atoms with Crippen LogP contribution in [0.3, 0.4) is 0 Å². The Hall–Kier alpha value is -0.880. The van der Waals surface area contributed by atoms with E-state index in [2.05, 4.69) is 15.9 Å². The molecule has 0 atom stereocenters. The van der Waals surface area contributed by atoms with Gasteiger partial charge in [0.05, 0.1) is 10.6 Å². The van der Waals surface area contributed by atoms with E-state index in [0.29, 0.717) is 16.8 Å². The van der Waals surface area contributed by atoms with Gasteiger partial charge in [0, 0.05) is 24.5 Å². The molecule has 0 unspecified atom stereocenters. The molecule has 0 bridgehead atoms. The minimum Gasteiger partial charge on any atom is -0.312 e. The fourth-order valence-corrected chi connectivity index (χ4v) is 4.63. The number of sulfone groups is 1.